The van der Waals surface area contributed by atoms with E-state index < -0.39 is 0 Å². The molecule has 126 valence electrons. The molecule has 0 amide bonds. The van der Waals surface area contributed by atoms with Crippen LogP contribution in [0, 0.1) is 5.41 Å². The van der Waals surface area contributed by atoms with Gasteiger partial charge in [-0.15, -0.1) is 0 Å². The van der Waals surface area contributed by atoms with Crippen molar-refractivity contribution in [3.05, 3.63) is 12.4 Å². The van der Waals surface area contributed by atoms with Crippen LogP contribution in [0.3, 0.4) is 0 Å². The molecular formula is C17H25N3O2S. The van der Waals surface area contributed by atoms with E-state index in [4.69, 9.17) is 4.98 Å². The van der Waals surface area contributed by atoms with Crippen molar-refractivity contribution in [3.63, 3.8) is 0 Å². The number of anilines is 1. The Morgan fingerprint density at radius 1 is 1.26 bits per heavy atom. The van der Waals surface area contributed by atoms with Crippen molar-refractivity contribution in [2.45, 2.75) is 50.0 Å². The van der Waals surface area contributed by atoms with Crippen LogP contribution in [-0.2, 0) is 9.53 Å². The molecule has 1 aromatic heterocycles. The van der Waals surface area contributed by atoms with Crippen LogP contribution in [0.5, 0.6) is 0 Å². The zero-order valence-electron chi connectivity index (χ0n) is 13.8. The smallest absolute Gasteiger partial charge is 0.316 e. The van der Waals surface area contributed by atoms with Crippen LogP contribution in [0.15, 0.2) is 17.4 Å². The Kier molecular flexibility index (Phi) is 5.41. The normalized spacial score (nSPS) is 20.5. The fraction of sp³-hybridized carbons (Fsp3) is 0.706. The number of piperidine rings is 1. The molecule has 1 aliphatic carbocycles. The molecule has 0 radical (unpaired) electrons. The maximum absolute atomic E-state index is 11.3. The number of aromatic nitrogens is 2. The van der Waals surface area contributed by atoms with Crippen LogP contribution < -0.4 is 4.90 Å². The number of thioether (sulfide) groups is 1. The van der Waals surface area contributed by atoms with Crippen molar-refractivity contribution in [1.29, 1.82) is 0 Å². The average molecular weight is 335 g/mol. The Labute approximate surface area is 142 Å². The third-order valence-electron chi connectivity index (χ3n) is 5.06. The summed E-state index contributed by atoms with van der Waals surface area (Å²) in [6.45, 7) is 2.16. The molecule has 1 aliphatic heterocycles. The topological polar surface area (TPSA) is 55.3 Å². The van der Waals surface area contributed by atoms with E-state index in [-0.39, 0.29) is 11.7 Å². The Morgan fingerprint density at radius 3 is 2.83 bits per heavy atom. The molecule has 0 N–H and O–H groups in total. The first kappa shape index (κ1) is 16.6. The summed E-state index contributed by atoms with van der Waals surface area (Å²) in [6.07, 6.45) is 13.0. The Bertz CT molecular complexity index is 541. The maximum Gasteiger partial charge on any atom is 0.316 e. The molecule has 23 heavy (non-hydrogen) atoms. The van der Waals surface area contributed by atoms with Gasteiger partial charge in [0.1, 0.15) is 10.8 Å². The number of ether oxygens (including phenoxy) is 1. The predicted octanol–water partition coefficient (Wildman–Crippen LogP) is 3.29. The molecule has 2 aliphatic rings. The summed E-state index contributed by atoms with van der Waals surface area (Å²) in [5, 5.41) is 0.788. The van der Waals surface area contributed by atoms with E-state index in [2.05, 4.69) is 14.6 Å². The predicted molar refractivity (Wildman–Crippen MR) is 91.7 cm³/mol. The Morgan fingerprint density at radius 2 is 2.04 bits per heavy atom. The van der Waals surface area contributed by atoms with Gasteiger partial charge in [0.2, 0.25) is 0 Å². The summed E-state index contributed by atoms with van der Waals surface area (Å²) in [7, 11) is 1.41. The first-order valence-corrected chi connectivity index (χ1v) is 9.46. The quantitative estimate of drug-likeness (QED) is 0.622. The van der Waals surface area contributed by atoms with Gasteiger partial charge in [0.25, 0.3) is 0 Å². The third-order valence-corrected chi connectivity index (χ3v) is 5.94. The van der Waals surface area contributed by atoms with Gasteiger partial charge in [0.05, 0.1) is 25.3 Å². The highest BCUT2D eigenvalue weighted by atomic mass is 32.2. The lowest BCUT2D eigenvalue weighted by molar-refractivity contribution is -0.137. The van der Waals surface area contributed by atoms with Crippen LogP contribution in [0.25, 0.3) is 0 Å². The summed E-state index contributed by atoms with van der Waals surface area (Å²) in [6, 6.07) is 0. The molecule has 6 heteroatoms. The molecule has 3 rings (SSSR count). The summed E-state index contributed by atoms with van der Waals surface area (Å²) >= 11 is 1.38. The number of esters is 1. The largest absolute Gasteiger partial charge is 0.468 e. The standard InChI is InChI=1S/C17H25N3O2S/c1-22-16(21)12-23-15-11-18-10-14(19-15)20-9-5-8-17(13-20)6-3-2-4-7-17/h10-11H,2-9,12-13H2,1H3. The van der Waals surface area contributed by atoms with Crippen molar-refractivity contribution >= 4 is 23.5 Å². The minimum absolute atomic E-state index is 0.235. The number of carbonyl (C=O) groups is 1. The highest BCUT2D eigenvalue weighted by molar-refractivity contribution is 7.99. The number of hydrogen-bond donors (Lipinski definition) is 0. The highest BCUT2D eigenvalue weighted by Gasteiger charge is 2.36. The first-order valence-electron chi connectivity index (χ1n) is 8.47. The van der Waals surface area contributed by atoms with E-state index >= 15 is 0 Å². The van der Waals surface area contributed by atoms with Gasteiger partial charge in [-0.1, -0.05) is 31.0 Å². The van der Waals surface area contributed by atoms with E-state index in [9.17, 15) is 4.79 Å². The summed E-state index contributed by atoms with van der Waals surface area (Å²) in [5.41, 5.74) is 0.493. The number of carbonyl (C=O) groups excluding carboxylic acids is 1. The van der Waals surface area contributed by atoms with Crippen LogP contribution in [0.4, 0.5) is 5.82 Å². The lowest BCUT2D eigenvalue weighted by Gasteiger charge is -2.45. The second-order valence-corrected chi connectivity index (χ2v) is 7.66. The van der Waals surface area contributed by atoms with Gasteiger partial charge in [-0.2, -0.15) is 0 Å². The summed E-state index contributed by atoms with van der Waals surface area (Å²) < 4.78 is 4.68. The van der Waals surface area contributed by atoms with E-state index in [1.165, 1.54) is 63.8 Å². The SMILES string of the molecule is COC(=O)CSc1cncc(N2CCCC3(CCCCC3)C2)n1. The van der Waals surface area contributed by atoms with E-state index in [0.717, 1.165) is 23.9 Å². The molecule has 1 spiro atoms. The lowest BCUT2D eigenvalue weighted by atomic mass is 9.69. The minimum atomic E-state index is -0.235. The molecule has 2 heterocycles. The number of nitrogens with zero attached hydrogens (tertiary/aromatic N) is 3. The van der Waals surface area contributed by atoms with Crippen LogP contribution in [-0.4, -0.2) is 41.9 Å². The second-order valence-electron chi connectivity index (χ2n) is 6.67. The minimum Gasteiger partial charge on any atom is -0.468 e. The third kappa shape index (κ3) is 4.16. The molecule has 1 saturated carbocycles. The van der Waals surface area contributed by atoms with Gasteiger partial charge >= 0.3 is 5.97 Å². The number of methoxy groups -OCH3 is 1. The molecule has 1 saturated heterocycles. The second kappa shape index (κ2) is 7.51. The van der Waals surface area contributed by atoms with Crippen molar-refractivity contribution in [2.24, 2.45) is 5.41 Å². The van der Waals surface area contributed by atoms with Gasteiger partial charge in [-0.05, 0) is 31.1 Å². The van der Waals surface area contributed by atoms with Crippen LogP contribution >= 0.6 is 11.8 Å². The van der Waals surface area contributed by atoms with Crippen molar-refractivity contribution in [1.82, 2.24) is 9.97 Å². The van der Waals surface area contributed by atoms with E-state index in [0.29, 0.717) is 5.41 Å². The molecule has 0 aromatic carbocycles. The van der Waals surface area contributed by atoms with Gasteiger partial charge in [0.15, 0.2) is 0 Å². The molecule has 2 fully saturated rings. The van der Waals surface area contributed by atoms with Crippen molar-refractivity contribution in [3.8, 4) is 0 Å². The van der Waals surface area contributed by atoms with Crippen LogP contribution in [0.1, 0.15) is 44.9 Å². The Hall–Kier alpha value is -1.30. The fourth-order valence-corrected chi connectivity index (χ4v) is 4.54. The lowest BCUT2D eigenvalue weighted by Crippen LogP contribution is -2.44. The first-order chi connectivity index (χ1) is 11.2. The zero-order chi connectivity index (χ0) is 16.1. The van der Waals surface area contributed by atoms with Crippen molar-refractivity contribution in [2.75, 3.05) is 30.9 Å². The molecule has 0 unspecified atom stereocenters. The highest BCUT2D eigenvalue weighted by Crippen LogP contribution is 2.43. The number of rotatable bonds is 4. The molecule has 0 atom stereocenters. The monoisotopic (exact) mass is 335 g/mol. The molecule has 5 nitrogen and oxygen atoms in total. The Balaban J connectivity index is 1.67. The van der Waals surface area contributed by atoms with E-state index in [1.54, 1.807) is 6.20 Å². The molecular weight excluding hydrogens is 310 g/mol. The molecule has 1 aromatic rings. The average Bonchev–Trinajstić information content (AvgIpc) is 2.60. The van der Waals surface area contributed by atoms with Crippen LogP contribution in [0.2, 0.25) is 0 Å². The summed E-state index contributed by atoms with van der Waals surface area (Å²) in [4.78, 5) is 22.7. The maximum atomic E-state index is 11.3. The fourth-order valence-electron chi connectivity index (χ4n) is 3.87. The zero-order valence-corrected chi connectivity index (χ0v) is 14.6. The van der Waals surface area contributed by atoms with Gasteiger partial charge in [0, 0.05) is 13.1 Å². The van der Waals surface area contributed by atoms with Gasteiger partial charge < -0.3 is 9.64 Å². The number of hydrogen-bond acceptors (Lipinski definition) is 6. The van der Waals surface area contributed by atoms with Gasteiger partial charge in [-0.3, -0.25) is 9.78 Å². The summed E-state index contributed by atoms with van der Waals surface area (Å²) in [5.74, 6) is 0.990. The van der Waals surface area contributed by atoms with Gasteiger partial charge in [-0.25, -0.2) is 4.98 Å². The van der Waals surface area contributed by atoms with E-state index in [1.807, 2.05) is 6.20 Å². The molecule has 0 bridgehead atoms. The van der Waals surface area contributed by atoms with Crippen molar-refractivity contribution < 1.29 is 9.53 Å².